The minimum absolute atomic E-state index is 0.118. The first-order valence-corrected chi connectivity index (χ1v) is 7.40. The van der Waals surface area contributed by atoms with Crippen molar-refractivity contribution in [1.29, 1.82) is 0 Å². The van der Waals surface area contributed by atoms with Crippen molar-refractivity contribution in [2.75, 3.05) is 19.5 Å². The number of rotatable bonds is 7. The van der Waals surface area contributed by atoms with E-state index in [2.05, 4.69) is 0 Å². The van der Waals surface area contributed by atoms with Crippen LogP contribution in [0.5, 0.6) is 0 Å². The molecule has 0 aliphatic carbocycles. The van der Waals surface area contributed by atoms with Gasteiger partial charge in [-0.25, -0.2) is 0 Å². The molecule has 1 heterocycles. The number of hydrogen-bond acceptors (Lipinski definition) is 4. The summed E-state index contributed by atoms with van der Waals surface area (Å²) in [4.78, 5) is 1.14. The summed E-state index contributed by atoms with van der Waals surface area (Å²) in [7, 11) is 1.68. The van der Waals surface area contributed by atoms with E-state index in [0.29, 0.717) is 6.61 Å². The number of pyridine rings is 1. The molecule has 4 nitrogen and oxygen atoms in total. The average molecular weight is 285 g/mol. The van der Waals surface area contributed by atoms with Gasteiger partial charge in [0.2, 0.25) is 0 Å². The van der Waals surface area contributed by atoms with E-state index in [1.165, 1.54) is 0 Å². The zero-order valence-corrected chi connectivity index (χ0v) is 13.1. The fourth-order valence-corrected chi connectivity index (χ4v) is 2.53. The molecule has 2 unspecified atom stereocenters. The molecule has 19 heavy (non-hydrogen) atoms. The predicted molar refractivity (Wildman–Crippen MR) is 77.5 cm³/mol. The lowest BCUT2D eigenvalue weighted by Gasteiger charge is -2.16. The first kappa shape index (κ1) is 16.3. The van der Waals surface area contributed by atoms with E-state index in [0.717, 1.165) is 26.6 Å². The first-order valence-electron chi connectivity index (χ1n) is 6.42. The van der Waals surface area contributed by atoms with Crippen LogP contribution in [0.1, 0.15) is 25.1 Å². The van der Waals surface area contributed by atoms with Gasteiger partial charge in [-0.05, 0) is 20.8 Å². The number of ether oxygens (including phenoxy) is 2. The summed E-state index contributed by atoms with van der Waals surface area (Å²) < 4.78 is 11.7. The molecule has 108 valence electrons. The smallest absolute Gasteiger partial charge is 0.193 e. The van der Waals surface area contributed by atoms with E-state index in [9.17, 15) is 5.21 Å². The molecule has 2 atom stereocenters. The first-order chi connectivity index (χ1) is 8.95. The molecule has 0 aliphatic heterocycles. The van der Waals surface area contributed by atoms with Crippen molar-refractivity contribution in [3.8, 4) is 0 Å². The quantitative estimate of drug-likeness (QED) is 0.438. The zero-order chi connectivity index (χ0) is 14.4. The standard InChI is InChI=1S/C14H23NO3S/c1-10(17-5)8-18-11(2)9-19-14-6-7-15(16)13(4)12(14)3/h6-7,10-11H,8-9H2,1-5H3. The maximum absolute atomic E-state index is 11.4. The SMILES string of the molecule is COC(C)COC(C)CSc1cc[n+]([O-])c(C)c1C. The van der Waals surface area contributed by atoms with E-state index < -0.39 is 0 Å². The molecule has 0 aromatic carbocycles. The van der Waals surface area contributed by atoms with Crippen LogP contribution < -0.4 is 4.73 Å². The third-order valence-corrected chi connectivity index (χ3v) is 4.48. The predicted octanol–water partition coefficient (Wildman–Crippen LogP) is 2.47. The highest BCUT2D eigenvalue weighted by atomic mass is 32.2. The van der Waals surface area contributed by atoms with Crippen LogP contribution in [0.3, 0.4) is 0 Å². The molecule has 0 fully saturated rings. The molecule has 0 radical (unpaired) electrons. The van der Waals surface area contributed by atoms with Gasteiger partial charge >= 0.3 is 0 Å². The van der Waals surface area contributed by atoms with Crippen LogP contribution in [0.15, 0.2) is 17.2 Å². The average Bonchev–Trinajstić information content (AvgIpc) is 2.41. The molecule has 0 saturated heterocycles. The minimum Gasteiger partial charge on any atom is -0.619 e. The van der Waals surface area contributed by atoms with Gasteiger partial charge in [-0.1, -0.05) is 0 Å². The molecule has 0 N–H and O–H groups in total. The van der Waals surface area contributed by atoms with Crippen LogP contribution in [-0.4, -0.2) is 31.7 Å². The van der Waals surface area contributed by atoms with Crippen LogP contribution in [0.2, 0.25) is 0 Å². The topological polar surface area (TPSA) is 45.4 Å². The monoisotopic (exact) mass is 285 g/mol. The summed E-state index contributed by atoms with van der Waals surface area (Å²) in [6.07, 6.45) is 1.83. The minimum atomic E-state index is 0.118. The highest BCUT2D eigenvalue weighted by Gasteiger charge is 2.12. The molecule has 1 aromatic rings. The van der Waals surface area contributed by atoms with Gasteiger partial charge in [-0.15, -0.1) is 11.8 Å². The van der Waals surface area contributed by atoms with E-state index in [1.54, 1.807) is 25.1 Å². The van der Waals surface area contributed by atoms with Crippen LogP contribution in [0, 0.1) is 19.1 Å². The summed E-state index contributed by atoms with van der Waals surface area (Å²) in [5.74, 6) is 0.861. The van der Waals surface area contributed by atoms with E-state index >= 15 is 0 Å². The summed E-state index contributed by atoms with van der Waals surface area (Å²) >= 11 is 1.72. The third-order valence-electron chi connectivity index (χ3n) is 3.10. The molecule has 1 aromatic heterocycles. The van der Waals surface area contributed by atoms with Crippen molar-refractivity contribution >= 4 is 11.8 Å². The Kier molecular flexibility index (Phi) is 6.62. The van der Waals surface area contributed by atoms with Gasteiger partial charge in [0, 0.05) is 36.3 Å². The number of methoxy groups -OCH3 is 1. The Bertz CT molecular complexity index is 412. The Morgan fingerprint density at radius 1 is 1.32 bits per heavy atom. The van der Waals surface area contributed by atoms with Crippen LogP contribution >= 0.6 is 11.8 Å². The van der Waals surface area contributed by atoms with Crippen molar-refractivity contribution in [1.82, 2.24) is 0 Å². The van der Waals surface area contributed by atoms with Crippen LogP contribution in [0.4, 0.5) is 0 Å². The Morgan fingerprint density at radius 3 is 2.63 bits per heavy atom. The molecule has 5 heteroatoms. The van der Waals surface area contributed by atoms with E-state index in [1.807, 2.05) is 33.8 Å². The Morgan fingerprint density at radius 2 is 2.00 bits per heavy atom. The van der Waals surface area contributed by atoms with Crippen molar-refractivity contribution in [2.24, 2.45) is 0 Å². The van der Waals surface area contributed by atoms with Gasteiger partial charge in [0.05, 0.1) is 18.8 Å². The van der Waals surface area contributed by atoms with Crippen LogP contribution in [-0.2, 0) is 9.47 Å². The second kappa shape index (κ2) is 7.72. The van der Waals surface area contributed by atoms with Gasteiger partial charge in [0.25, 0.3) is 0 Å². The second-order valence-corrected chi connectivity index (χ2v) is 5.78. The fourth-order valence-electron chi connectivity index (χ4n) is 1.50. The van der Waals surface area contributed by atoms with Crippen molar-refractivity contribution in [2.45, 2.75) is 44.8 Å². The van der Waals surface area contributed by atoms with Gasteiger partial charge < -0.3 is 14.7 Å². The largest absolute Gasteiger partial charge is 0.619 e. The summed E-state index contributed by atoms with van der Waals surface area (Å²) in [6.45, 7) is 8.45. The maximum Gasteiger partial charge on any atom is 0.193 e. The number of aromatic nitrogens is 1. The summed E-state index contributed by atoms with van der Waals surface area (Å²) in [5, 5.41) is 11.4. The number of thioether (sulfide) groups is 1. The van der Waals surface area contributed by atoms with Crippen molar-refractivity contribution in [3.05, 3.63) is 28.7 Å². The molecule has 1 rings (SSSR count). The zero-order valence-electron chi connectivity index (χ0n) is 12.3. The molecular formula is C14H23NO3S. The Balaban J connectivity index is 2.46. The van der Waals surface area contributed by atoms with Crippen molar-refractivity contribution in [3.63, 3.8) is 0 Å². The molecule has 0 amide bonds. The number of nitrogens with zero attached hydrogens (tertiary/aromatic N) is 1. The molecule has 0 saturated carbocycles. The van der Waals surface area contributed by atoms with Gasteiger partial charge in [0.15, 0.2) is 11.9 Å². The molecular weight excluding hydrogens is 262 g/mol. The molecule has 0 spiro atoms. The van der Waals surface area contributed by atoms with Gasteiger partial charge in [0.1, 0.15) is 0 Å². The highest BCUT2D eigenvalue weighted by Crippen LogP contribution is 2.23. The normalized spacial score (nSPS) is 14.4. The van der Waals surface area contributed by atoms with Gasteiger partial charge in [-0.3, -0.25) is 0 Å². The van der Waals surface area contributed by atoms with E-state index in [4.69, 9.17) is 9.47 Å². The van der Waals surface area contributed by atoms with Crippen molar-refractivity contribution < 1.29 is 14.2 Å². The molecule has 0 bridgehead atoms. The lowest BCUT2D eigenvalue weighted by molar-refractivity contribution is -0.613. The lowest BCUT2D eigenvalue weighted by atomic mass is 10.2. The Labute approximate surface area is 119 Å². The molecule has 0 aliphatic rings. The summed E-state index contributed by atoms with van der Waals surface area (Å²) in [6, 6.07) is 1.87. The van der Waals surface area contributed by atoms with E-state index in [-0.39, 0.29) is 12.2 Å². The third kappa shape index (κ3) is 5.01. The maximum atomic E-state index is 11.4. The highest BCUT2D eigenvalue weighted by molar-refractivity contribution is 7.99. The van der Waals surface area contributed by atoms with Gasteiger partial charge in [-0.2, -0.15) is 4.73 Å². The second-order valence-electron chi connectivity index (χ2n) is 4.72. The number of hydrogen-bond donors (Lipinski definition) is 0. The Hall–Kier alpha value is -0.780. The van der Waals surface area contributed by atoms with Crippen LogP contribution in [0.25, 0.3) is 0 Å². The lowest BCUT2D eigenvalue weighted by Crippen LogP contribution is -2.30. The fraction of sp³-hybridized carbons (Fsp3) is 0.643. The summed E-state index contributed by atoms with van der Waals surface area (Å²) in [5.41, 5.74) is 1.80.